The largest absolute Gasteiger partial charge is 0.366 e. The van der Waals surface area contributed by atoms with Crippen molar-refractivity contribution in [2.75, 3.05) is 24.5 Å². The van der Waals surface area contributed by atoms with Crippen LogP contribution in [0.2, 0.25) is 5.02 Å². The van der Waals surface area contributed by atoms with E-state index >= 15 is 0 Å². The van der Waals surface area contributed by atoms with E-state index in [2.05, 4.69) is 4.90 Å². The number of fused-ring (bicyclic) bond motifs is 2. The number of rotatable bonds is 3. The van der Waals surface area contributed by atoms with Crippen molar-refractivity contribution in [3.63, 3.8) is 0 Å². The van der Waals surface area contributed by atoms with Gasteiger partial charge in [0.2, 0.25) is 0 Å². The first-order valence-electron chi connectivity index (χ1n) is 6.18. The molecule has 2 atom stereocenters. The summed E-state index contributed by atoms with van der Waals surface area (Å²) in [5.41, 5.74) is 1.14. The molecule has 2 nitrogen and oxygen atoms in total. The average Bonchev–Trinajstić information content (AvgIpc) is 2.88. The summed E-state index contributed by atoms with van der Waals surface area (Å²) in [5, 5.41) is 0.724. The molecular formula is C13H15ClF2N2. The maximum Gasteiger partial charge on any atom is 0.251 e. The van der Waals surface area contributed by atoms with Gasteiger partial charge in [0.1, 0.15) is 0 Å². The molecule has 3 rings (SSSR count). The van der Waals surface area contributed by atoms with Crippen molar-refractivity contribution in [3.05, 3.63) is 29.3 Å². The lowest BCUT2D eigenvalue weighted by Gasteiger charge is -2.35. The maximum atomic E-state index is 12.4. The Morgan fingerprint density at radius 1 is 1.17 bits per heavy atom. The molecular weight excluding hydrogens is 258 g/mol. The van der Waals surface area contributed by atoms with Crippen LogP contribution in [0.5, 0.6) is 0 Å². The van der Waals surface area contributed by atoms with Crippen LogP contribution in [-0.2, 0) is 0 Å². The SMILES string of the molecule is FC(F)CN1C[C@@H]2C[C@H]1CN2c1ccc(Cl)cc1. The number of benzene rings is 1. The summed E-state index contributed by atoms with van der Waals surface area (Å²) in [6.07, 6.45) is -1.23. The zero-order valence-corrected chi connectivity index (χ0v) is 10.7. The molecule has 0 spiro atoms. The zero-order chi connectivity index (χ0) is 12.7. The number of hydrogen-bond acceptors (Lipinski definition) is 2. The van der Waals surface area contributed by atoms with Gasteiger partial charge in [0.05, 0.1) is 6.54 Å². The number of alkyl halides is 2. The van der Waals surface area contributed by atoms with Gasteiger partial charge in [-0.05, 0) is 30.7 Å². The third-order valence-corrected chi connectivity index (χ3v) is 4.14. The first kappa shape index (κ1) is 12.2. The molecule has 0 saturated carbocycles. The monoisotopic (exact) mass is 272 g/mol. The van der Waals surface area contributed by atoms with Gasteiger partial charge in [-0.15, -0.1) is 0 Å². The number of hydrogen-bond donors (Lipinski definition) is 0. The maximum absolute atomic E-state index is 12.4. The van der Waals surface area contributed by atoms with Crippen LogP contribution >= 0.6 is 11.6 Å². The van der Waals surface area contributed by atoms with E-state index in [1.807, 2.05) is 29.2 Å². The molecule has 0 aromatic heterocycles. The lowest BCUT2D eigenvalue weighted by molar-refractivity contribution is 0.0791. The quantitative estimate of drug-likeness (QED) is 0.835. The summed E-state index contributed by atoms with van der Waals surface area (Å²) in [5.74, 6) is 0. The molecule has 0 aliphatic carbocycles. The lowest BCUT2D eigenvalue weighted by atomic mass is 10.2. The Kier molecular flexibility index (Phi) is 3.16. The van der Waals surface area contributed by atoms with Crippen molar-refractivity contribution < 1.29 is 8.78 Å². The van der Waals surface area contributed by atoms with Crippen LogP contribution in [0.4, 0.5) is 14.5 Å². The molecule has 0 unspecified atom stereocenters. The van der Waals surface area contributed by atoms with Crippen molar-refractivity contribution in [1.82, 2.24) is 4.90 Å². The summed E-state index contributed by atoms with van der Waals surface area (Å²) in [4.78, 5) is 4.23. The third-order valence-electron chi connectivity index (χ3n) is 3.88. The summed E-state index contributed by atoms with van der Waals surface area (Å²) in [7, 11) is 0. The van der Waals surface area contributed by atoms with E-state index in [0.717, 1.165) is 30.2 Å². The Morgan fingerprint density at radius 3 is 2.44 bits per heavy atom. The molecule has 5 heteroatoms. The summed E-state index contributed by atoms with van der Waals surface area (Å²) < 4.78 is 24.8. The number of halogens is 3. The van der Waals surface area contributed by atoms with Crippen LogP contribution < -0.4 is 4.90 Å². The average molecular weight is 273 g/mol. The molecule has 2 aliphatic rings. The van der Waals surface area contributed by atoms with Gasteiger partial charge in [0.15, 0.2) is 0 Å². The molecule has 18 heavy (non-hydrogen) atoms. The molecule has 98 valence electrons. The van der Waals surface area contributed by atoms with E-state index in [9.17, 15) is 8.78 Å². The number of nitrogens with zero attached hydrogens (tertiary/aromatic N) is 2. The number of likely N-dealkylation sites (tertiary alicyclic amines) is 1. The van der Waals surface area contributed by atoms with Crippen molar-refractivity contribution in [2.45, 2.75) is 24.9 Å². The second-order valence-corrected chi connectivity index (χ2v) is 5.45. The third kappa shape index (κ3) is 2.19. The van der Waals surface area contributed by atoms with Gasteiger partial charge in [-0.2, -0.15) is 0 Å². The van der Waals surface area contributed by atoms with E-state index in [1.165, 1.54) is 0 Å². The normalized spacial score (nSPS) is 27.4. The van der Waals surface area contributed by atoms with Gasteiger partial charge in [0.25, 0.3) is 6.43 Å². The lowest BCUT2D eigenvalue weighted by Crippen LogP contribution is -2.47. The first-order valence-corrected chi connectivity index (χ1v) is 6.55. The topological polar surface area (TPSA) is 6.48 Å². The van der Waals surface area contributed by atoms with Crippen LogP contribution in [0.3, 0.4) is 0 Å². The molecule has 2 heterocycles. The Labute approximate surface area is 110 Å². The zero-order valence-electron chi connectivity index (χ0n) is 9.90. The molecule has 2 saturated heterocycles. The molecule has 1 aromatic rings. The minimum Gasteiger partial charge on any atom is -0.366 e. The highest BCUT2D eigenvalue weighted by molar-refractivity contribution is 6.30. The molecule has 2 fully saturated rings. The van der Waals surface area contributed by atoms with E-state index < -0.39 is 6.43 Å². The predicted molar refractivity (Wildman–Crippen MR) is 68.6 cm³/mol. The second-order valence-electron chi connectivity index (χ2n) is 5.02. The van der Waals surface area contributed by atoms with Crippen LogP contribution in [0.15, 0.2) is 24.3 Å². The molecule has 0 N–H and O–H groups in total. The van der Waals surface area contributed by atoms with Crippen LogP contribution in [0.1, 0.15) is 6.42 Å². The molecule has 0 radical (unpaired) electrons. The Morgan fingerprint density at radius 2 is 1.89 bits per heavy atom. The highest BCUT2D eigenvalue weighted by atomic mass is 35.5. The standard InChI is InChI=1S/C13H15ClF2N2/c14-9-1-3-10(4-2-9)18-7-11-5-12(18)6-17(11)8-13(15)16/h1-4,11-13H,5-8H2/t11-,12-/m0/s1. The van der Waals surface area contributed by atoms with Gasteiger partial charge in [-0.25, -0.2) is 8.78 Å². The molecule has 2 bridgehead atoms. The minimum absolute atomic E-state index is 0.0877. The summed E-state index contributed by atoms with van der Waals surface area (Å²) in [6.45, 7) is 1.51. The highest BCUT2D eigenvalue weighted by Gasteiger charge is 2.43. The fraction of sp³-hybridized carbons (Fsp3) is 0.538. The smallest absolute Gasteiger partial charge is 0.251 e. The fourth-order valence-electron chi connectivity index (χ4n) is 3.10. The van der Waals surface area contributed by atoms with Crippen LogP contribution in [-0.4, -0.2) is 43.0 Å². The Bertz CT molecular complexity index is 424. The van der Waals surface area contributed by atoms with Crippen LogP contribution in [0, 0.1) is 0 Å². The number of piperazine rings is 1. The molecule has 2 aliphatic heterocycles. The van der Waals surface area contributed by atoms with Crippen LogP contribution in [0.25, 0.3) is 0 Å². The van der Waals surface area contributed by atoms with Gasteiger partial charge >= 0.3 is 0 Å². The minimum atomic E-state index is -2.23. The van der Waals surface area contributed by atoms with E-state index in [4.69, 9.17) is 11.6 Å². The van der Waals surface area contributed by atoms with E-state index in [-0.39, 0.29) is 12.6 Å². The Hall–Kier alpha value is -0.870. The van der Waals surface area contributed by atoms with Gasteiger partial charge < -0.3 is 4.90 Å². The second kappa shape index (κ2) is 4.67. The fourth-order valence-corrected chi connectivity index (χ4v) is 3.23. The van der Waals surface area contributed by atoms with Gasteiger partial charge in [0, 0.05) is 35.9 Å². The number of anilines is 1. The van der Waals surface area contributed by atoms with Crippen molar-refractivity contribution in [3.8, 4) is 0 Å². The molecule has 0 amide bonds. The van der Waals surface area contributed by atoms with Crippen molar-refractivity contribution in [1.29, 1.82) is 0 Å². The Balaban J connectivity index is 1.68. The highest BCUT2D eigenvalue weighted by Crippen LogP contribution is 2.35. The first-order chi connectivity index (χ1) is 8.63. The van der Waals surface area contributed by atoms with E-state index in [1.54, 1.807) is 0 Å². The summed E-state index contributed by atoms with van der Waals surface area (Å²) in [6, 6.07) is 8.40. The summed E-state index contributed by atoms with van der Waals surface area (Å²) >= 11 is 5.87. The predicted octanol–water partition coefficient (Wildman–Crippen LogP) is 2.87. The van der Waals surface area contributed by atoms with Gasteiger partial charge in [-0.1, -0.05) is 11.6 Å². The van der Waals surface area contributed by atoms with E-state index in [0.29, 0.717) is 6.04 Å². The van der Waals surface area contributed by atoms with Gasteiger partial charge in [-0.3, -0.25) is 4.90 Å². The molecule has 1 aromatic carbocycles. The van der Waals surface area contributed by atoms with Crippen molar-refractivity contribution >= 4 is 17.3 Å². The van der Waals surface area contributed by atoms with Crippen molar-refractivity contribution in [2.24, 2.45) is 0 Å².